The molecule has 2 aromatic heterocycles. The minimum absolute atomic E-state index is 0.0434. The third-order valence-corrected chi connectivity index (χ3v) is 2.55. The van der Waals surface area contributed by atoms with E-state index in [1.165, 1.54) is 43.8 Å². The average molecular weight is 275 g/mol. The van der Waals surface area contributed by atoms with Gasteiger partial charge < -0.3 is 20.2 Å². The molecular formula is C13H13N3O4. The van der Waals surface area contributed by atoms with E-state index in [0.717, 1.165) is 0 Å². The summed E-state index contributed by atoms with van der Waals surface area (Å²) in [5, 5.41) is 14.4. The molecule has 2 aromatic rings. The molecule has 0 aromatic carbocycles. The molecule has 2 rings (SSSR count). The second-order valence-corrected chi connectivity index (χ2v) is 4.07. The number of nitrogens with zero attached hydrogens (tertiary/aromatic N) is 1. The molecule has 0 aliphatic heterocycles. The predicted molar refractivity (Wildman–Crippen MR) is 70.2 cm³/mol. The minimum Gasteiger partial charge on any atom is -0.504 e. The van der Waals surface area contributed by atoms with E-state index in [1.54, 1.807) is 0 Å². The van der Waals surface area contributed by atoms with Crippen molar-refractivity contribution in [1.29, 1.82) is 0 Å². The van der Waals surface area contributed by atoms with Crippen LogP contribution in [0.15, 0.2) is 41.3 Å². The Labute approximate surface area is 114 Å². The highest BCUT2D eigenvalue weighted by Crippen LogP contribution is 2.18. The lowest BCUT2D eigenvalue weighted by Crippen LogP contribution is -2.41. The molecule has 7 nitrogen and oxygen atoms in total. The van der Waals surface area contributed by atoms with Gasteiger partial charge in [-0.15, -0.1) is 0 Å². The Morgan fingerprint density at radius 3 is 2.85 bits per heavy atom. The number of amides is 2. The van der Waals surface area contributed by atoms with E-state index in [2.05, 4.69) is 15.6 Å². The second kappa shape index (κ2) is 5.87. The van der Waals surface area contributed by atoms with Gasteiger partial charge in [-0.3, -0.25) is 9.59 Å². The van der Waals surface area contributed by atoms with Crippen LogP contribution in [0.25, 0.3) is 0 Å². The highest BCUT2D eigenvalue weighted by Gasteiger charge is 2.18. The molecule has 0 aliphatic carbocycles. The first-order valence-corrected chi connectivity index (χ1v) is 5.86. The summed E-state index contributed by atoms with van der Waals surface area (Å²) in [7, 11) is 0. The van der Waals surface area contributed by atoms with E-state index in [4.69, 9.17) is 4.42 Å². The number of anilines is 1. The molecule has 20 heavy (non-hydrogen) atoms. The van der Waals surface area contributed by atoms with Crippen LogP contribution >= 0.6 is 0 Å². The Morgan fingerprint density at radius 1 is 1.40 bits per heavy atom. The minimum atomic E-state index is -0.793. The lowest BCUT2D eigenvalue weighted by Gasteiger charge is -2.13. The Hall–Kier alpha value is -2.83. The molecule has 104 valence electrons. The van der Waals surface area contributed by atoms with Crippen LogP contribution < -0.4 is 10.6 Å². The van der Waals surface area contributed by atoms with Gasteiger partial charge in [-0.2, -0.15) is 0 Å². The lowest BCUT2D eigenvalue weighted by atomic mass is 10.2. The Morgan fingerprint density at radius 2 is 2.20 bits per heavy atom. The van der Waals surface area contributed by atoms with E-state index in [9.17, 15) is 14.7 Å². The summed E-state index contributed by atoms with van der Waals surface area (Å²) in [6, 6.07) is 3.63. The molecule has 0 radical (unpaired) electrons. The fourth-order valence-corrected chi connectivity index (χ4v) is 1.46. The fraction of sp³-hybridized carbons (Fsp3) is 0.154. The smallest absolute Gasteiger partial charge is 0.255 e. The van der Waals surface area contributed by atoms with E-state index in [1.807, 2.05) is 0 Å². The first-order chi connectivity index (χ1) is 9.58. The van der Waals surface area contributed by atoms with E-state index in [0.29, 0.717) is 5.56 Å². The third kappa shape index (κ3) is 3.14. The molecule has 0 unspecified atom stereocenters. The van der Waals surface area contributed by atoms with Crippen molar-refractivity contribution in [2.24, 2.45) is 0 Å². The van der Waals surface area contributed by atoms with Gasteiger partial charge in [0.05, 0.1) is 11.8 Å². The maximum atomic E-state index is 11.9. The molecule has 3 N–H and O–H groups in total. The quantitative estimate of drug-likeness (QED) is 0.776. The zero-order chi connectivity index (χ0) is 14.5. The molecule has 2 amide bonds. The van der Waals surface area contributed by atoms with Crippen molar-refractivity contribution in [2.75, 3.05) is 5.32 Å². The van der Waals surface area contributed by atoms with E-state index in [-0.39, 0.29) is 11.6 Å². The maximum absolute atomic E-state index is 11.9. The fourth-order valence-electron chi connectivity index (χ4n) is 1.46. The second-order valence-electron chi connectivity index (χ2n) is 4.07. The normalized spacial score (nSPS) is 11.7. The number of furan rings is 1. The van der Waals surface area contributed by atoms with Gasteiger partial charge in [0, 0.05) is 6.20 Å². The molecule has 0 saturated heterocycles. The Balaban J connectivity index is 1.96. The molecule has 0 saturated carbocycles. The molecule has 2 heterocycles. The molecule has 1 atom stereocenters. The third-order valence-electron chi connectivity index (χ3n) is 2.55. The molecular weight excluding hydrogens is 262 g/mol. The van der Waals surface area contributed by atoms with Crippen LogP contribution in [0, 0.1) is 0 Å². The summed E-state index contributed by atoms with van der Waals surface area (Å²) < 4.78 is 4.78. The summed E-state index contributed by atoms with van der Waals surface area (Å²) >= 11 is 0. The average Bonchev–Trinajstić information content (AvgIpc) is 2.95. The first kappa shape index (κ1) is 13.6. The number of carbonyl (C=O) groups excluding carboxylic acids is 2. The zero-order valence-corrected chi connectivity index (χ0v) is 10.7. The van der Waals surface area contributed by atoms with Crippen molar-refractivity contribution in [3.63, 3.8) is 0 Å². The number of hydrogen-bond donors (Lipinski definition) is 3. The standard InChI is InChI=1S/C13H13N3O4/c1-8(15-13(19)9-4-6-20-7-9)12(18)16-11-10(17)3-2-5-14-11/h2-8,17H,1H3,(H,15,19)(H,14,16,18)/t8-/m0/s1. The van der Waals surface area contributed by atoms with Crippen molar-refractivity contribution in [1.82, 2.24) is 10.3 Å². The van der Waals surface area contributed by atoms with Gasteiger partial charge in [-0.1, -0.05) is 0 Å². The number of aromatic hydroxyl groups is 1. The summed E-state index contributed by atoms with van der Waals surface area (Å²) in [5.41, 5.74) is 0.324. The van der Waals surface area contributed by atoms with Crippen LogP contribution in [0.2, 0.25) is 0 Å². The van der Waals surface area contributed by atoms with Gasteiger partial charge in [-0.05, 0) is 25.1 Å². The summed E-state index contributed by atoms with van der Waals surface area (Å²) in [4.78, 5) is 27.4. The lowest BCUT2D eigenvalue weighted by molar-refractivity contribution is -0.117. The van der Waals surface area contributed by atoms with Gasteiger partial charge in [0.1, 0.15) is 12.3 Å². The highest BCUT2D eigenvalue weighted by atomic mass is 16.3. The van der Waals surface area contributed by atoms with Crippen molar-refractivity contribution in [2.45, 2.75) is 13.0 Å². The predicted octanol–water partition coefficient (Wildman–Crippen LogP) is 1.14. The summed E-state index contributed by atoms with van der Waals surface area (Å²) in [5.74, 6) is -1.02. The molecule has 0 fully saturated rings. The zero-order valence-electron chi connectivity index (χ0n) is 10.7. The monoisotopic (exact) mass is 275 g/mol. The van der Waals surface area contributed by atoms with Gasteiger partial charge in [0.25, 0.3) is 5.91 Å². The number of carbonyl (C=O) groups is 2. The highest BCUT2D eigenvalue weighted by molar-refractivity contribution is 6.00. The van der Waals surface area contributed by atoms with Crippen molar-refractivity contribution >= 4 is 17.6 Å². The van der Waals surface area contributed by atoms with Crippen LogP contribution in [0.5, 0.6) is 5.75 Å². The maximum Gasteiger partial charge on any atom is 0.255 e. The number of hydrogen-bond acceptors (Lipinski definition) is 5. The number of pyridine rings is 1. The van der Waals surface area contributed by atoms with Crippen LogP contribution in [0.3, 0.4) is 0 Å². The summed E-state index contributed by atoms with van der Waals surface area (Å²) in [6.07, 6.45) is 4.08. The van der Waals surface area contributed by atoms with E-state index < -0.39 is 17.9 Å². The Kier molecular flexibility index (Phi) is 3.99. The van der Waals surface area contributed by atoms with Crippen LogP contribution in [0.4, 0.5) is 5.82 Å². The molecule has 0 aliphatic rings. The van der Waals surface area contributed by atoms with Gasteiger partial charge >= 0.3 is 0 Å². The van der Waals surface area contributed by atoms with Crippen LogP contribution in [0.1, 0.15) is 17.3 Å². The SMILES string of the molecule is C[C@H](NC(=O)c1ccoc1)C(=O)Nc1ncccc1O. The Bertz CT molecular complexity index is 610. The van der Waals surface area contributed by atoms with Crippen LogP contribution in [-0.2, 0) is 4.79 Å². The van der Waals surface area contributed by atoms with Crippen LogP contribution in [-0.4, -0.2) is 27.9 Å². The van der Waals surface area contributed by atoms with Crippen molar-refractivity contribution < 1.29 is 19.1 Å². The molecule has 7 heteroatoms. The topological polar surface area (TPSA) is 104 Å². The van der Waals surface area contributed by atoms with Crippen molar-refractivity contribution in [3.8, 4) is 5.75 Å². The van der Waals surface area contributed by atoms with E-state index >= 15 is 0 Å². The van der Waals surface area contributed by atoms with Crippen molar-refractivity contribution in [3.05, 3.63) is 42.5 Å². The largest absolute Gasteiger partial charge is 0.504 e. The first-order valence-electron chi connectivity index (χ1n) is 5.86. The number of rotatable bonds is 4. The summed E-state index contributed by atoms with van der Waals surface area (Å²) in [6.45, 7) is 1.52. The number of nitrogens with one attached hydrogen (secondary N) is 2. The number of aromatic nitrogens is 1. The van der Waals surface area contributed by atoms with Gasteiger partial charge in [-0.25, -0.2) is 4.98 Å². The van der Waals surface area contributed by atoms with Gasteiger partial charge in [0.2, 0.25) is 5.91 Å². The van der Waals surface area contributed by atoms with Gasteiger partial charge in [0.15, 0.2) is 11.6 Å². The molecule has 0 spiro atoms. The molecule has 0 bridgehead atoms.